The van der Waals surface area contributed by atoms with Crippen molar-refractivity contribution in [2.75, 3.05) is 11.1 Å². The molecule has 1 aliphatic rings. The van der Waals surface area contributed by atoms with Gasteiger partial charge in [-0.1, -0.05) is 41.3 Å². The first-order valence-electron chi connectivity index (χ1n) is 8.55. The van der Waals surface area contributed by atoms with E-state index in [1.807, 2.05) is 38.1 Å². The standard InChI is InChI=1S/C17H19N7OS2/c1-9-12-5-3-4-6-13(12)20-15(18-9)22-16-19-11(7-14(25)21-16)8-26-17-24-23-10(2)27-17/h3-6,11,16,19H,7-8H2,1-2H3,(H,21,25)(H,18,20,22). The number of para-hydroxylation sites is 1. The molecule has 10 heteroatoms. The largest absolute Gasteiger partial charge is 0.323 e. The van der Waals surface area contributed by atoms with Gasteiger partial charge in [0.1, 0.15) is 5.01 Å². The monoisotopic (exact) mass is 401 g/mol. The minimum absolute atomic E-state index is 0.0113. The Labute approximate surface area is 164 Å². The summed E-state index contributed by atoms with van der Waals surface area (Å²) in [6, 6.07) is 7.88. The highest BCUT2D eigenvalue weighted by Gasteiger charge is 2.26. The third-order valence-corrected chi connectivity index (χ3v) is 6.26. The molecule has 140 valence electrons. The second-order valence-electron chi connectivity index (χ2n) is 6.26. The highest BCUT2D eigenvalue weighted by Crippen LogP contribution is 2.24. The van der Waals surface area contributed by atoms with Gasteiger partial charge in [-0.3, -0.25) is 10.1 Å². The molecule has 2 atom stereocenters. The van der Waals surface area contributed by atoms with E-state index in [1.54, 1.807) is 23.1 Å². The number of thioether (sulfide) groups is 1. The van der Waals surface area contributed by atoms with Crippen molar-refractivity contribution in [1.29, 1.82) is 0 Å². The lowest BCUT2D eigenvalue weighted by molar-refractivity contribution is -0.123. The number of nitrogens with one attached hydrogen (secondary N) is 3. The summed E-state index contributed by atoms with van der Waals surface area (Å²) in [5.41, 5.74) is 1.76. The van der Waals surface area contributed by atoms with E-state index >= 15 is 0 Å². The summed E-state index contributed by atoms with van der Waals surface area (Å²) in [7, 11) is 0. The van der Waals surface area contributed by atoms with Crippen molar-refractivity contribution >= 4 is 45.9 Å². The molecular weight excluding hydrogens is 382 g/mol. The highest BCUT2D eigenvalue weighted by molar-refractivity contribution is 8.01. The first kappa shape index (κ1) is 18.1. The summed E-state index contributed by atoms with van der Waals surface area (Å²) in [4.78, 5) is 21.2. The zero-order valence-electron chi connectivity index (χ0n) is 14.9. The summed E-state index contributed by atoms with van der Waals surface area (Å²) in [5.74, 6) is 1.21. The summed E-state index contributed by atoms with van der Waals surface area (Å²) in [5, 5.41) is 19.5. The number of rotatable bonds is 5. The molecule has 27 heavy (non-hydrogen) atoms. The molecule has 2 aromatic heterocycles. The van der Waals surface area contributed by atoms with E-state index in [4.69, 9.17) is 0 Å². The van der Waals surface area contributed by atoms with Gasteiger partial charge in [0.15, 0.2) is 10.6 Å². The first-order chi connectivity index (χ1) is 13.1. The fourth-order valence-corrected chi connectivity index (χ4v) is 4.78. The number of anilines is 1. The van der Waals surface area contributed by atoms with Crippen molar-refractivity contribution in [2.24, 2.45) is 0 Å². The molecule has 1 amide bonds. The van der Waals surface area contributed by atoms with E-state index in [0.29, 0.717) is 12.4 Å². The van der Waals surface area contributed by atoms with Gasteiger partial charge in [-0.2, -0.15) is 0 Å². The van der Waals surface area contributed by atoms with Crippen LogP contribution < -0.4 is 16.0 Å². The van der Waals surface area contributed by atoms with Crippen LogP contribution in [-0.2, 0) is 4.79 Å². The summed E-state index contributed by atoms with van der Waals surface area (Å²) in [6.07, 6.45) is -0.00539. The average molecular weight is 402 g/mol. The van der Waals surface area contributed by atoms with Gasteiger partial charge in [0.2, 0.25) is 11.9 Å². The lowest BCUT2D eigenvalue weighted by Crippen LogP contribution is -2.60. The van der Waals surface area contributed by atoms with Crippen molar-refractivity contribution in [1.82, 2.24) is 30.8 Å². The SMILES string of the molecule is Cc1nnc(SCC2CC(=O)NC(Nc3nc(C)c4ccccc4n3)N2)s1. The minimum atomic E-state index is -0.423. The quantitative estimate of drug-likeness (QED) is 0.558. The first-order valence-corrected chi connectivity index (χ1v) is 10.4. The molecule has 1 saturated heterocycles. The number of fused-ring (bicyclic) bond motifs is 1. The Morgan fingerprint density at radius 2 is 2.11 bits per heavy atom. The van der Waals surface area contributed by atoms with Crippen LogP contribution in [0.1, 0.15) is 17.1 Å². The van der Waals surface area contributed by atoms with Crippen LogP contribution in [0.3, 0.4) is 0 Å². The van der Waals surface area contributed by atoms with Crippen LogP contribution in [0.2, 0.25) is 0 Å². The van der Waals surface area contributed by atoms with Crippen LogP contribution in [0.15, 0.2) is 28.6 Å². The van der Waals surface area contributed by atoms with E-state index in [9.17, 15) is 4.79 Å². The van der Waals surface area contributed by atoms with Gasteiger partial charge in [0.05, 0.1) is 11.2 Å². The van der Waals surface area contributed by atoms with Crippen LogP contribution in [0.5, 0.6) is 0 Å². The molecule has 3 heterocycles. The molecule has 3 N–H and O–H groups in total. The van der Waals surface area contributed by atoms with Crippen molar-refractivity contribution in [2.45, 2.75) is 36.9 Å². The molecule has 1 fully saturated rings. The zero-order valence-corrected chi connectivity index (χ0v) is 16.5. The molecule has 3 aromatic rings. The fraction of sp³-hybridized carbons (Fsp3) is 0.353. The van der Waals surface area contributed by atoms with Crippen LogP contribution in [0.4, 0.5) is 5.95 Å². The number of carbonyl (C=O) groups excluding carboxylic acids is 1. The van der Waals surface area contributed by atoms with E-state index in [-0.39, 0.29) is 11.9 Å². The number of aromatic nitrogens is 4. The number of benzene rings is 1. The van der Waals surface area contributed by atoms with E-state index in [1.165, 1.54) is 0 Å². The Morgan fingerprint density at radius 1 is 1.26 bits per heavy atom. The third kappa shape index (κ3) is 4.34. The number of carbonyl (C=O) groups is 1. The topological polar surface area (TPSA) is 105 Å². The van der Waals surface area contributed by atoms with Crippen LogP contribution in [0, 0.1) is 13.8 Å². The second kappa shape index (κ2) is 7.75. The maximum absolute atomic E-state index is 12.1. The average Bonchev–Trinajstić information content (AvgIpc) is 3.05. The Balaban J connectivity index is 1.43. The number of amides is 1. The maximum atomic E-state index is 12.1. The Morgan fingerprint density at radius 3 is 2.93 bits per heavy atom. The van der Waals surface area contributed by atoms with E-state index < -0.39 is 6.29 Å². The molecule has 0 spiro atoms. The van der Waals surface area contributed by atoms with Gasteiger partial charge in [-0.15, -0.1) is 10.2 Å². The van der Waals surface area contributed by atoms with Gasteiger partial charge in [0, 0.05) is 23.6 Å². The molecular formula is C17H19N7OS2. The van der Waals surface area contributed by atoms with Crippen LogP contribution in [-0.4, -0.2) is 44.2 Å². The molecule has 2 unspecified atom stereocenters. The third-order valence-electron chi connectivity index (χ3n) is 4.12. The molecule has 1 aliphatic heterocycles. The van der Waals surface area contributed by atoms with Crippen molar-refractivity contribution in [3.05, 3.63) is 35.0 Å². The predicted octanol–water partition coefficient (Wildman–Crippen LogP) is 2.06. The second-order valence-corrected chi connectivity index (χ2v) is 8.71. The van der Waals surface area contributed by atoms with Crippen LogP contribution >= 0.6 is 23.1 Å². The lowest BCUT2D eigenvalue weighted by Gasteiger charge is -2.31. The molecule has 0 aliphatic carbocycles. The molecule has 4 rings (SSSR count). The maximum Gasteiger partial charge on any atom is 0.226 e. The Kier molecular flexibility index (Phi) is 5.19. The fourth-order valence-electron chi connectivity index (χ4n) is 2.90. The van der Waals surface area contributed by atoms with Crippen LogP contribution in [0.25, 0.3) is 10.9 Å². The molecule has 0 radical (unpaired) electrons. The molecule has 1 aromatic carbocycles. The normalized spacial score (nSPS) is 19.9. The van der Waals surface area contributed by atoms with Gasteiger partial charge < -0.3 is 10.6 Å². The van der Waals surface area contributed by atoms with Crippen molar-refractivity contribution < 1.29 is 4.79 Å². The van der Waals surface area contributed by atoms with Gasteiger partial charge in [-0.25, -0.2) is 9.97 Å². The minimum Gasteiger partial charge on any atom is -0.323 e. The Hall–Kier alpha value is -2.30. The summed E-state index contributed by atoms with van der Waals surface area (Å²) in [6.45, 7) is 3.88. The number of nitrogens with zero attached hydrogens (tertiary/aromatic N) is 4. The predicted molar refractivity (Wildman–Crippen MR) is 107 cm³/mol. The van der Waals surface area contributed by atoms with E-state index in [0.717, 1.165) is 31.7 Å². The molecule has 0 bridgehead atoms. The number of hydrogen-bond acceptors (Lipinski definition) is 9. The zero-order chi connectivity index (χ0) is 18.8. The smallest absolute Gasteiger partial charge is 0.226 e. The van der Waals surface area contributed by atoms with Crippen molar-refractivity contribution in [3.63, 3.8) is 0 Å². The van der Waals surface area contributed by atoms with Gasteiger partial charge >= 0.3 is 0 Å². The Bertz CT molecular complexity index is 977. The van der Waals surface area contributed by atoms with Crippen molar-refractivity contribution in [3.8, 4) is 0 Å². The number of aryl methyl sites for hydroxylation is 2. The van der Waals surface area contributed by atoms with Gasteiger partial charge in [0.25, 0.3) is 0 Å². The summed E-state index contributed by atoms with van der Waals surface area (Å²) < 4.78 is 0.915. The highest BCUT2D eigenvalue weighted by atomic mass is 32.2. The molecule has 8 nitrogen and oxygen atoms in total. The summed E-state index contributed by atoms with van der Waals surface area (Å²) >= 11 is 3.17. The molecule has 0 saturated carbocycles. The van der Waals surface area contributed by atoms with Gasteiger partial charge in [-0.05, 0) is 19.9 Å². The lowest BCUT2D eigenvalue weighted by atomic mass is 10.2. The number of hydrogen-bond donors (Lipinski definition) is 3. The van der Waals surface area contributed by atoms with E-state index in [2.05, 4.69) is 36.1 Å².